The van der Waals surface area contributed by atoms with Gasteiger partial charge in [0.1, 0.15) is 5.82 Å². The molecule has 2 heterocycles. The standard InChI is InChI=1S/C30H26N6O3S/c1-35-28-8-3-2-7-27(28)34-29(35)19-33-30(37)24-13-9-23(10-14-24)20-36(21-25-6-4-5-17-32-25)40(38,39)26-15-11-22(18-31)12-16-26/h2-17H,19-21H2,1H3,(H,33,37). The van der Waals surface area contributed by atoms with Gasteiger partial charge in [-0.15, -0.1) is 0 Å². The van der Waals surface area contributed by atoms with Crippen LogP contribution in [0, 0.1) is 11.3 Å². The lowest BCUT2D eigenvalue weighted by Crippen LogP contribution is -2.30. The fourth-order valence-electron chi connectivity index (χ4n) is 4.33. The molecule has 0 atom stereocenters. The van der Waals surface area contributed by atoms with Gasteiger partial charge in [-0.1, -0.05) is 30.3 Å². The van der Waals surface area contributed by atoms with E-state index < -0.39 is 10.0 Å². The van der Waals surface area contributed by atoms with Crippen molar-refractivity contribution in [2.24, 2.45) is 7.05 Å². The van der Waals surface area contributed by atoms with Crippen molar-refractivity contribution in [2.45, 2.75) is 24.5 Å². The normalized spacial score (nSPS) is 11.4. The molecular weight excluding hydrogens is 524 g/mol. The highest BCUT2D eigenvalue weighted by Gasteiger charge is 2.25. The molecule has 1 amide bonds. The van der Waals surface area contributed by atoms with Crippen LogP contribution < -0.4 is 5.32 Å². The fraction of sp³-hybridized carbons (Fsp3) is 0.133. The van der Waals surface area contributed by atoms with E-state index in [2.05, 4.69) is 15.3 Å². The number of nitrogens with zero attached hydrogens (tertiary/aromatic N) is 5. The van der Waals surface area contributed by atoms with Gasteiger partial charge in [0.15, 0.2) is 0 Å². The molecule has 9 nitrogen and oxygen atoms in total. The first-order chi connectivity index (χ1) is 19.3. The number of benzene rings is 3. The maximum atomic E-state index is 13.6. The van der Waals surface area contributed by atoms with Crippen molar-refractivity contribution in [3.05, 3.63) is 125 Å². The lowest BCUT2D eigenvalue weighted by Gasteiger charge is -2.22. The molecule has 0 spiro atoms. The van der Waals surface area contributed by atoms with Gasteiger partial charge in [0, 0.05) is 25.4 Å². The Kier molecular flexibility index (Phi) is 7.68. The van der Waals surface area contributed by atoms with E-state index in [-0.39, 0.29) is 30.4 Å². The Morgan fingerprint density at radius 2 is 1.68 bits per heavy atom. The summed E-state index contributed by atoms with van der Waals surface area (Å²) in [5.41, 5.74) is 3.99. The summed E-state index contributed by atoms with van der Waals surface area (Å²) in [6.07, 6.45) is 1.61. The second-order valence-corrected chi connectivity index (χ2v) is 11.1. The van der Waals surface area contributed by atoms with Gasteiger partial charge < -0.3 is 9.88 Å². The number of imidazole rings is 1. The summed E-state index contributed by atoms with van der Waals surface area (Å²) in [4.78, 5) is 21.8. The van der Waals surface area contributed by atoms with Gasteiger partial charge in [-0.05, 0) is 66.2 Å². The summed E-state index contributed by atoms with van der Waals surface area (Å²) in [5, 5.41) is 12.0. The van der Waals surface area contributed by atoms with E-state index in [1.54, 1.807) is 48.7 Å². The second kappa shape index (κ2) is 11.5. The molecule has 5 aromatic rings. The third kappa shape index (κ3) is 5.76. The Balaban J connectivity index is 1.32. The number of pyridine rings is 1. The third-order valence-electron chi connectivity index (χ3n) is 6.55. The lowest BCUT2D eigenvalue weighted by atomic mass is 10.1. The molecule has 0 radical (unpaired) electrons. The van der Waals surface area contributed by atoms with Gasteiger partial charge in [0.05, 0.1) is 46.3 Å². The monoisotopic (exact) mass is 550 g/mol. The Morgan fingerprint density at radius 1 is 0.950 bits per heavy atom. The molecule has 3 aromatic carbocycles. The summed E-state index contributed by atoms with van der Waals surface area (Å²) in [5.74, 6) is 0.485. The van der Waals surface area contributed by atoms with Gasteiger partial charge in [0.25, 0.3) is 5.91 Å². The molecular formula is C30H26N6O3S. The van der Waals surface area contributed by atoms with Crippen LogP contribution >= 0.6 is 0 Å². The van der Waals surface area contributed by atoms with Gasteiger partial charge >= 0.3 is 0 Å². The van der Waals surface area contributed by atoms with Crippen LogP contribution in [0.1, 0.15) is 33.0 Å². The van der Waals surface area contributed by atoms with Gasteiger partial charge in [0.2, 0.25) is 10.0 Å². The van der Waals surface area contributed by atoms with Crippen LogP contribution in [-0.2, 0) is 36.7 Å². The van der Waals surface area contributed by atoms with E-state index in [1.165, 1.54) is 28.6 Å². The molecule has 0 aliphatic carbocycles. The molecule has 0 fully saturated rings. The first kappa shape index (κ1) is 26.7. The minimum absolute atomic E-state index is 0.0590. The zero-order valence-corrected chi connectivity index (χ0v) is 22.5. The smallest absolute Gasteiger partial charge is 0.251 e. The third-order valence-corrected chi connectivity index (χ3v) is 8.35. The minimum atomic E-state index is -3.91. The van der Waals surface area contributed by atoms with Gasteiger partial charge in [-0.25, -0.2) is 13.4 Å². The molecule has 0 aliphatic rings. The Hall–Kier alpha value is -4.85. The zero-order chi connectivity index (χ0) is 28.1. The Morgan fingerprint density at radius 3 is 2.35 bits per heavy atom. The highest BCUT2D eigenvalue weighted by atomic mass is 32.2. The van der Waals surface area contributed by atoms with E-state index in [0.29, 0.717) is 22.4 Å². The molecule has 0 unspecified atom stereocenters. The Bertz CT molecular complexity index is 1790. The highest BCUT2D eigenvalue weighted by Crippen LogP contribution is 2.22. The maximum absolute atomic E-state index is 13.6. The predicted octanol–water partition coefficient (Wildman–Crippen LogP) is 4.16. The summed E-state index contributed by atoms with van der Waals surface area (Å²) >= 11 is 0. The van der Waals surface area contributed by atoms with Crippen molar-refractivity contribution >= 4 is 27.0 Å². The van der Waals surface area contributed by atoms with E-state index in [1.807, 2.05) is 41.9 Å². The average molecular weight is 551 g/mol. The van der Waals surface area contributed by atoms with E-state index in [0.717, 1.165) is 16.9 Å². The highest BCUT2D eigenvalue weighted by molar-refractivity contribution is 7.89. The number of fused-ring (bicyclic) bond motifs is 1. The molecule has 2 aromatic heterocycles. The number of rotatable bonds is 9. The topological polar surface area (TPSA) is 121 Å². The lowest BCUT2D eigenvalue weighted by molar-refractivity contribution is 0.0949. The van der Waals surface area contributed by atoms with E-state index in [9.17, 15) is 13.2 Å². The van der Waals surface area contributed by atoms with Crippen molar-refractivity contribution in [3.63, 3.8) is 0 Å². The van der Waals surface area contributed by atoms with Gasteiger partial charge in [-0.3, -0.25) is 9.78 Å². The van der Waals surface area contributed by atoms with Crippen LogP contribution in [0.4, 0.5) is 0 Å². The molecule has 10 heteroatoms. The van der Waals surface area contributed by atoms with Crippen LogP contribution in [0.25, 0.3) is 11.0 Å². The summed E-state index contributed by atoms with van der Waals surface area (Å²) in [7, 11) is -2.00. The van der Waals surface area contributed by atoms with Crippen LogP contribution in [0.15, 0.2) is 102 Å². The zero-order valence-electron chi connectivity index (χ0n) is 21.7. The molecule has 200 valence electrons. The molecule has 1 N–H and O–H groups in total. The molecule has 0 saturated carbocycles. The van der Waals surface area contributed by atoms with Crippen LogP contribution in [-0.4, -0.2) is 33.2 Å². The molecule has 5 rings (SSSR count). The molecule has 0 bridgehead atoms. The van der Waals surface area contributed by atoms with Crippen molar-refractivity contribution in [2.75, 3.05) is 0 Å². The largest absolute Gasteiger partial charge is 0.345 e. The maximum Gasteiger partial charge on any atom is 0.251 e. The van der Waals surface area contributed by atoms with Crippen molar-refractivity contribution in [1.82, 2.24) is 24.2 Å². The molecule has 40 heavy (non-hydrogen) atoms. The number of sulfonamides is 1. The fourth-order valence-corrected chi connectivity index (χ4v) is 5.73. The van der Waals surface area contributed by atoms with Gasteiger partial charge in [-0.2, -0.15) is 9.57 Å². The first-order valence-corrected chi connectivity index (χ1v) is 14.0. The SMILES string of the molecule is Cn1c(CNC(=O)c2ccc(CN(Cc3ccccn3)S(=O)(=O)c3ccc(C#N)cc3)cc2)nc2ccccc21. The Labute approximate surface area is 232 Å². The number of hydrogen-bond donors (Lipinski definition) is 1. The second-order valence-electron chi connectivity index (χ2n) is 9.19. The number of amides is 1. The number of carbonyl (C=O) groups excluding carboxylic acids is 1. The van der Waals surface area contributed by atoms with Crippen molar-refractivity contribution in [3.8, 4) is 6.07 Å². The van der Waals surface area contributed by atoms with Crippen molar-refractivity contribution in [1.29, 1.82) is 5.26 Å². The summed E-state index contributed by atoms with van der Waals surface area (Å²) in [6, 6.07) is 27.7. The molecule has 0 aliphatic heterocycles. The van der Waals surface area contributed by atoms with Crippen LogP contribution in [0.5, 0.6) is 0 Å². The summed E-state index contributed by atoms with van der Waals surface area (Å²) in [6.45, 7) is 0.399. The van der Waals surface area contributed by atoms with Crippen LogP contribution in [0.2, 0.25) is 0 Å². The number of aromatic nitrogens is 3. The number of carbonyl (C=O) groups is 1. The predicted molar refractivity (Wildman–Crippen MR) is 150 cm³/mol. The number of hydrogen-bond acceptors (Lipinski definition) is 6. The number of nitrogens with one attached hydrogen (secondary N) is 1. The minimum Gasteiger partial charge on any atom is -0.345 e. The van der Waals surface area contributed by atoms with Crippen molar-refractivity contribution < 1.29 is 13.2 Å². The average Bonchev–Trinajstić information content (AvgIpc) is 3.31. The number of para-hydroxylation sites is 2. The first-order valence-electron chi connectivity index (χ1n) is 12.5. The quantitative estimate of drug-likeness (QED) is 0.294. The van der Waals surface area contributed by atoms with Crippen LogP contribution in [0.3, 0.4) is 0 Å². The number of nitriles is 1. The number of aryl methyl sites for hydroxylation is 1. The van der Waals surface area contributed by atoms with E-state index >= 15 is 0 Å². The van der Waals surface area contributed by atoms with E-state index in [4.69, 9.17) is 5.26 Å². The molecule has 0 saturated heterocycles. The summed E-state index contributed by atoms with van der Waals surface area (Å²) < 4.78 is 30.4.